The molecule has 5 nitrogen and oxygen atoms in total. The Balaban J connectivity index is 2.43. The SMILES string of the molecule is CCOC(=O)N1C[C@@H](CO)[C@H](N)C1. The van der Waals surface area contributed by atoms with Crippen LogP contribution in [-0.4, -0.2) is 48.4 Å². The van der Waals surface area contributed by atoms with Crippen LogP contribution in [0.15, 0.2) is 0 Å². The third-order valence-corrected chi connectivity index (χ3v) is 2.25. The zero-order valence-corrected chi connectivity index (χ0v) is 7.77. The van der Waals surface area contributed by atoms with Gasteiger partial charge >= 0.3 is 6.09 Å². The molecule has 0 aromatic carbocycles. The van der Waals surface area contributed by atoms with Crippen LogP contribution in [0.4, 0.5) is 4.79 Å². The number of hydrogen-bond acceptors (Lipinski definition) is 4. The molecule has 1 aliphatic heterocycles. The summed E-state index contributed by atoms with van der Waals surface area (Å²) >= 11 is 0. The van der Waals surface area contributed by atoms with Gasteiger partial charge in [-0.25, -0.2) is 4.79 Å². The Bertz CT molecular complexity index is 186. The van der Waals surface area contributed by atoms with E-state index >= 15 is 0 Å². The van der Waals surface area contributed by atoms with E-state index in [9.17, 15) is 4.79 Å². The number of nitrogens with zero attached hydrogens (tertiary/aromatic N) is 1. The van der Waals surface area contributed by atoms with E-state index in [1.54, 1.807) is 6.92 Å². The zero-order valence-electron chi connectivity index (χ0n) is 7.77. The number of ether oxygens (including phenoxy) is 1. The van der Waals surface area contributed by atoms with Crippen LogP contribution in [0.5, 0.6) is 0 Å². The smallest absolute Gasteiger partial charge is 0.409 e. The van der Waals surface area contributed by atoms with E-state index < -0.39 is 0 Å². The van der Waals surface area contributed by atoms with Crippen LogP contribution in [0.1, 0.15) is 6.92 Å². The molecule has 0 bridgehead atoms. The average Bonchev–Trinajstić information content (AvgIpc) is 2.47. The Morgan fingerprint density at radius 1 is 1.69 bits per heavy atom. The Hall–Kier alpha value is -0.810. The molecule has 0 aromatic heterocycles. The molecule has 1 fully saturated rings. The minimum absolute atomic E-state index is 0.00981. The molecule has 5 heteroatoms. The second-order valence-electron chi connectivity index (χ2n) is 3.21. The van der Waals surface area contributed by atoms with E-state index in [1.165, 1.54) is 4.90 Å². The van der Waals surface area contributed by atoms with E-state index in [0.29, 0.717) is 19.7 Å². The van der Waals surface area contributed by atoms with Gasteiger partial charge in [-0.05, 0) is 6.92 Å². The number of likely N-dealkylation sites (tertiary alicyclic amines) is 1. The van der Waals surface area contributed by atoms with Crippen molar-refractivity contribution < 1.29 is 14.6 Å². The van der Waals surface area contributed by atoms with Crippen LogP contribution in [-0.2, 0) is 4.74 Å². The minimum Gasteiger partial charge on any atom is -0.450 e. The normalized spacial score (nSPS) is 27.8. The van der Waals surface area contributed by atoms with Crippen LogP contribution in [0.3, 0.4) is 0 Å². The second kappa shape index (κ2) is 4.43. The Morgan fingerprint density at radius 2 is 2.38 bits per heavy atom. The van der Waals surface area contributed by atoms with Crippen molar-refractivity contribution in [3.8, 4) is 0 Å². The van der Waals surface area contributed by atoms with Crippen LogP contribution in [0, 0.1) is 5.92 Å². The van der Waals surface area contributed by atoms with Gasteiger partial charge in [-0.1, -0.05) is 0 Å². The van der Waals surface area contributed by atoms with Gasteiger partial charge in [0.05, 0.1) is 6.61 Å². The monoisotopic (exact) mass is 188 g/mol. The molecule has 0 spiro atoms. The van der Waals surface area contributed by atoms with Crippen molar-refractivity contribution in [2.45, 2.75) is 13.0 Å². The summed E-state index contributed by atoms with van der Waals surface area (Å²) in [4.78, 5) is 12.8. The molecule has 0 aliphatic carbocycles. The van der Waals surface area contributed by atoms with E-state index in [0.717, 1.165) is 0 Å². The van der Waals surface area contributed by atoms with E-state index in [4.69, 9.17) is 15.6 Å². The fourth-order valence-corrected chi connectivity index (χ4v) is 1.45. The third-order valence-electron chi connectivity index (χ3n) is 2.25. The molecule has 0 radical (unpaired) electrons. The first-order chi connectivity index (χ1) is 6.19. The molecular weight excluding hydrogens is 172 g/mol. The van der Waals surface area contributed by atoms with E-state index in [-0.39, 0.29) is 24.7 Å². The summed E-state index contributed by atoms with van der Waals surface area (Å²) in [7, 11) is 0. The van der Waals surface area contributed by atoms with Crippen molar-refractivity contribution >= 4 is 6.09 Å². The van der Waals surface area contributed by atoms with Gasteiger partial charge < -0.3 is 20.5 Å². The first-order valence-electron chi connectivity index (χ1n) is 4.47. The van der Waals surface area contributed by atoms with Crippen molar-refractivity contribution in [1.29, 1.82) is 0 Å². The van der Waals surface area contributed by atoms with Crippen LogP contribution in [0.2, 0.25) is 0 Å². The zero-order chi connectivity index (χ0) is 9.84. The highest BCUT2D eigenvalue weighted by Gasteiger charge is 2.32. The number of aliphatic hydroxyl groups excluding tert-OH is 1. The van der Waals surface area contributed by atoms with Gasteiger partial charge in [0.1, 0.15) is 0 Å². The van der Waals surface area contributed by atoms with E-state index in [1.807, 2.05) is 0 Å². The minimum atomic E-state index is -0.339. The summed E-state index contributed by atoms with van der Waals surface area (Å²) in [6, 6.07) is -0.130. The van der Waals surface area contributed by atoms with Crippen LogP contribution >= 0.6 is 0 Å². The van der Waals surface area contributed by atoms with Crippen molar-refractivity contribution in [3.63, 3.8) is 0 Å². The number of aliphatic hydroxyl groups is 1. The lowest BCUT2D eigenvalue weighted by Gasteiger charge is -2.14. The summed E-state index contributed by atoms with van der Waals surface area (Å²) in [5, 5.41) is 8.91. The molecule has 2 atom stereocenters. The second-order valence-corrected chi connectivity index (χ2v) is 3.21. The van der Waals surface area contributed by atoms with Crippen LogP contribution in [0.25, 0.3) is 0 Å². The molecule has 1 aliphatic rings. The highest BCUT2D eigenvalue weighted by Crippen LogP contribution is 2.15. The standard InChI is InChI=1S/C8H16N2O3/c1-2-13-8(12)10-3-6(5-11)7(9)4-10/h6-7,11H,2-5,9H2,1H3/t6-,7+/m0/s1. The van der Waals surface area contributed by atoms with Gasteiger partial charge in [-0.15, -0.1) is 0 Å². The number of rotatable bonds is 2. The van der Waals surface area contributed by atoms with Gasteiger partial charge in [0.15, 0.2) is 0 Å². The molecule has 1 heterocycles. The number of nitrogens with two attached hydrogens (primary N) is 1. The molecule has 76 valence electrons. The van der Waals surface area contributed by atoms with Gasteiger partial charge in [0.25, 0.3) is 0 Å². The summed E-state index contributed by atoms with van der Waals surface area (Å²) in [5.41, 5.74) is 5.70. The number of hydrogen-bond donors (Lipinski definition) is 2. The van der Waals surface area contributed by atoms with Crippen molar-refractivity contribution in [2.75, 3.05) is 26.3 Å². The fourth-order valence-electron chi connectivity index (χ4n) is 1.45. The number of amides is 1. The Morgan fingerprint density at radius 3 is 2.85 bits per heavy atom. The first-order valence-corrected chi connectivity index (χ1v) is 4.47. The van der Waals surface area contributed by atoms with Gasteiger partial charge in [0.2, 0.25) is 0 Å². The molecule has 0 aromatic rings. The molecular formula is C8H16N2O3. The van der Waals surface area contributed by atoms with Gasteiger partial charge in [-0.2, -0.15) is 0 Å². The maximum atomic E-state index is 11.2. The highest BCUT2D eigenvalue weighted by molar-refractivity contribution is 5.68. The maximum absolute atomic E-state index is 11.2. The average molecular weight is 188 g/mol. The topological polar surface area (TPSA) is 75.8 Å². The Labute approximate surface area is 77.5 Å². The summed E-state index contributed by atoms with van der Waals surface area (Å²) in [5.74, 6) is -0.00981. The van der Waals surface area contributed by atoms with Gasteiger partial charge in [-0.3, -0.25) is 0 Å². The number of carbonyl (C=O) groups excluding carboxylic acids is 1. The molecule has 13 heavy (non-hydrogen) atoms. The fraction of sp³-hybridized carbons (Fsp3) is 0.875. The summed E-state index contributed by atoms with van der Waals surface area (Å²) in [6.07, 6.45) is -0.339. The third kappa shape index (κ3) is 2.32. The maximum Gasteiger partial charge on any atom is 0.409 e. The summed E-state index contributed by atoms with van der Waals surface area (Å²) in [6.45, 7) is 3.13. The number of carbonyl (C=O) groups is 1. The predicted molar refractivity (Wildman–Crippen MR) is 47.1 cm³/mol. The predicted octanol–water partition coefficient (Wildman–Crippen LogP) is -0.606. The van der Waals surface area contributed by atoms with Crippen LogP contribution < -0.4 is 5.73 Å². The first kappa shape index (κ1) is 10.3. The Kier molecular flexibility index (Phi) is 3.50. The molecule has 1 saturated heterocycles. The van der Waals surface area contributed by atoms with Crippen molar-refractivity contribution in [1.82, 2.24) is 4.90 Å². The highest BCUT2D eigenvalue weighted by atomic mass is 16.6. The van der Waals surface area contributed by atoms with Crippen molar-refractivity contribution in [3.05, 3.63) is 0 Å². The molecule has 0 saturated carbocycles. The lowest BCUT2D eigenvalue weighted by Crippen LogP contribution is -2.33. The van der Waals surface area contributed by atoms with Gasteiger partial charge in [0, 0.05) is 31.7 Å². The molecule has 3 N–H and O–H groups in total. The lowest BCUT2D eigenvalue weighted by atomic mass is 10.1. The largest absolute Gasteiger partial charge is 0.450 e. The quantitative estimate of drug-likeness (QED) is 0.606. The molecule has 0 unspecified atom stereocenters. The van der Waals surface area contributed by atoms with Crippen molar-refractivity contribution in [2.24, 2.45) is 11.7 Å². The van der Waals surface area contributed by atoms with E-state index in [2.05, 4.69) is 0 Å². The summed E-state index contributed by atoms with van der Waals surface area (Å²) < 4.78 is 4.82. The molecule has 1 amide bonds. The lowest BCUT2D eigenvalue weighted by molar-refractivity contribution is 0.112. The molecule has 1 rings (SSSR count).